The lowest BCUT2D eigenvalue weighted by Crippen LogP contribution is -2.61. The number of benzene rings is 3. The van der Waals surface area contributed by atoms with Crippen LogP contribution in [0.3, 0.4) is 0 Å². The molecule has 332 valence electrons. The third kappa shape index (κ3) is 8.40. The average Bonchev–Trinajstić information content (AvgIpc) is 3.39. The van der Waals surface area contributed by atoms with Gasteiger partial charge >= 0.3 is 6.03 Å². The van der Waals surface area contributed by atoms with Crippen LogP contribution in [0.25, 0.3) is 11.1 Å². The highest BCUT2D eigenvalue weighted by molar-refractivity contribution is 5.87. The van der Waals surface area contributed by atoms with Crippen LogP contribution in [0.15, 0.2) is 48.5 Å². The van der Waals surface area contributed by atoms with E-state index >= 15 is 0 Å². The van der Waals surface area contributed by atoms with E-state index in [-0.39, 0.29) is 21.9 Å². The van der Waals surface area contributed by atoms with Crippen LogP contribution >= 0.6 is 0 Å². The molecule has 0 bridgehead atoms. The summed E-state index contributed by atoms with van der Waals surface area (Å²) in [5, 5.41) is 0. The molecule has 1 saturated heterocycles. The van der Waals surface area contributed by atoms with Gasteiger partial charge in [0.05, 0.1) is 37.3 Å². The second-order valence-electron chi connectivity index (χ2n) is 22.2. The van der Waals surface area contributed by atoms with Crippen molar-refractivity contribution in [1.29, 1.82) is 0 Å². The van der Waals surface area contributed by atoms with E-state index in [1.54, 1.807) is 0 Å². The van der Waals surface area contributed by atoms with E-state index in [0.29, 0.717) is 0 Å². The van der Waals surface area contributed by atoms with Gasteiger partial charge in [-0.05, 0) is 108 Å². The van der Waals surface area contributed by atoms with Gasteiger partial charge in [0.15, 0.2) is 23.9 Å². The maximum atomic E-state index is 7.56. The SMILES string of the molecule is CCCCc1cccc(CCC[N+](CCCC)(CCCC)CCCC)c1-c1ccc2c(c1)C=[N+]1C3(O2)Oc2c(cc(C(C)(C)C)cc2C(C)(C)C)C=[N+]3C2(C)CCCCC12C. The van der Waals surface area contributed by atoms with Gasteiger partial charge in [-0.1, -0.05) is 134 Å². The van der Waals surface area contributed by atoms with E-state index in [9.17, 15) is 0 Å². The number of nitrogens with zero attached hydrogens (tertiary/aromatic N) is 3. The number of aryl methyl sites for hydroxylation is 2. The highest BCUT2D eigenvalue weighted by atomic mass is 16.7. The fraction of sp³-hybridized carbons (Fsp3) is 0.643. The summed E-state index contributed by atoms with van der Waals surface area (Å²) in [6.45, 7) is 33.5. The molecule has 0 radical (unpaired) electrons. The molecule has 3 unspecified atom stereocenters. The van der Waals surface area contributed by atoms with Crippen molar-refractivity contribution in [2.75, 3.05) is 26.2 Å². The quantitative estimate of drug-likeness (QED) is 0.1000. The first-order valence-corrected chi connectivity index (χ1v) is 24.9. The summed E-state index contributed by atoms with van der Waals surface area (Å²) >= 11 is 0. The Bertz CT molecular complexity index is 2090. The lowest BCUT2D eigenvalue weighted by Gasteiger charge is -2.39. The minimum atomic E-state index is -1.11. The minimum Gasteiger partial charge on any atom is -0.341 e. The van der Waals surface area contributed by atoms with E-state index in [1.807, 2.05) is 0 Å². The van der Waals surface area contributed by atoms with Crippen LogP contribution in [0.2, 0.25) is 0 Å². The summed E-state index contributed by atoms with van der Waals surface area (Å²) < 4.78 is 21.3. The third-order valence-corrected chi connectivity index (χ3v) is 15.6. The molecule has 0 amide bonds. The summed E-state index contributed by atoms with van der Waals surface area (Å²) in [6.07, 6.45) is 23.1. The Hall–Kier alpha value is -3.44. The number of hydrogen-bond donors (Lipinski definition) is 0. The molecule has 7 rings (SSSR count). The lowest BCUT2D eigenvalue weighted by molar-refractivity contribution is -0.929. The molecule has 61 heavy (non-hydrogen) atoms. The van der Waals surface area contributed by atoms with Gasteiger partial charge in [0.1, 0.15) is 0 Å². The van der Waals surface area contributed by atoms with Gasteiger partial charge in [-0.3, -0.25) is 0 Å². The van der Waals surface area contributed by atoms with Gasteiger partial charge in [-0.2, -0.15) is 0 Å². The monoisotopic (exact) mass is 831 g/mol. The predicted octanol–water partition coefficient (Wildman–Crippen LogP) is 13.5. The average molecular weight is 831 g/mol. The van der Waals surface area contributed by atoms with E-state index in [0.717, 1.165) is 48.3 Å². The number of rotatable bonds is 17. The van der Waals surface area contributed by atoms with Crippen LogP contribution in [-0.4, -0.2) is 69.4 Å². The molecule has 0 N–H and O–H groups in total. The van der Waals surface area contributed by atoms with Gasteiger partial charge in [-0.15, -0.1) is 0 Å². The molecule has 0 aromatic heterocycles. The second kappa shape index (κ2) is 17.6. The summed E-state index contributed by atoms with van der Waals surface area (Å²) in [6, 6.07) is 17.9. The van der Waals surface area contributed by atoms with Gasteiger partial charge in [0.25, 0.3) is 0 Å². The minimum absolute atomic E-state index is 0.0147. The van der Waals surface area contributed by atoms with Crippen LogP contribution in [0.1, 0.15) is 200 Å². The van der Waals surface area contributed by atoms with Crippen molar-refractivity contribution in [2.24, 2.45) is 0 Å². The van der Waals surface area contributed by atoms with Crippen molar-refractivity contribution in [2.45, 2.75) is 207 Å². The van der Waals surface area contributed by atoms with E-state index in [4.69, 9.17) is 9.47 Å². The van der Waals surface area contributed by atoms with Crippen molar-refractivity contribution in [3.63, 3.8) is 0 Å². The molecule has 2 fully saturated rings. The fourth-order valence-electron chi connectivity index (χ4n) is 11.5. The zero-order valence-corrected chi connectivity index (χ0v) is 40.9. The van der Waals surface area contributed by atoms with Crippen LogP contribution in [0.5, 0.6) is 11.5 Å². The Labute approximate surface area is 372 Å². The Morgan fingerprint density at radius 2 is 1.15 bits per heavy atom. The first-order chi connectivity index (χ1) is 29.0. The van der Waals surface area contributed by atoms with Crippen molar-refractivity contribution in [3.8, 4) is 22.6 Å². The maximum Gasteiger partial charge on any atom is 0.705 e. The summed E-state index contributed by atoms with van der Waals surface area (Å²) in [5.41, 5.74) is 10.2. The van der Waals surface area contributed by atoms with Crippen LogP contribution in [-0.2, 0) is 23.7 Å². The molecular formula is C56H84N3O2+3. The largest absolute Gasteiger partial charge is 0.705 e. The van der Waals surface area contributed by atoms with Gasteiger partial charge in [-0.25, -0.2) is 0 Å². The van der Waals surface area contributed by atoms with E-state index in [2.05, 4.69) is 153 Å². The van der Waals surface area contributed by atoms with Crippen LogP contribution < -0.4 is 9.47 Å². The smallest absolute Gasteiger partial charge is 0.341 e. The van der Waals surface area contributed by atoms with Crippen LogP contribution in [0, 0.1) is 0 Å². The summed E-state index contributed by atoms with van der Waals surface area (Å²) in [5.74, 6) is 1.85. The Balaban J connectivity index is 1.31. The number of fused-ring (bicyclic) bond motifs is 5. The molecule has 3 heterocycles. The first kappa shape index (κ1) is 45.6. The zero-order chi connectivity index (χ0) is 43.8. The van der Waals surface area contributed by atoms with E-state index in [1.165, 1.54) is 135 Å². The lowest BCUT2D eigenvalue weighted by atomic mass is 9.69. The molecule has 5 nitrogen and oxygen atoms in total. The first-order valence-electron chi connectivity index (χ1n) is 24.9. The summed E-state index contributed by atoms with van der Waals surface area (Å²) in [4.78, 5) is 0. The molecule has 1 spiro atoms. The molecule has 3 atom stereocenters. The molecule has 5 heteroatoms. The second-order valence-corrected chi connectivity index (χ2v) is 22.2. The molecule has 3 aromatic carbocycles. The molecule has 1 saturated carbocycles. The van der Waals surface area contributed by atoms with Crippen molar-refractivity contribution in [3.05, 3.63) is 81.9 Å². The van der Waals surface area contributed by atoms with Crippen LogP contribution in [0.4, 0.5) is 0 Å². The molecule has 1 aliphatic carbocycles. The Kier molecular flexibility index (Phi) is 13.2. The summed E-state index contributed by atoms with van der Waals surface area (Å²) in [7, 11) is 0. The van der Waals surface area contributed by atoms with E-state index < -0.39 is 6.03 Å². The molecular weight excluding hydrogens is 747 g/mol. The van der Waals surface area contributed by atoms with Gasteiger partial charge in [0, 0.05) is 38.7 Å². The van der Waals surface area contributed by atoms with Gasteiger partial charge < -0.3 is 14.0 Å². The number of unbranched alkanes of at least 4 members (excludes halogenated alkanes) is 4. The van der Waals surface area contributed by atoms with Crippen molar-refractivity contribution >= 4 is 12.4 Å². The maximum absolute atomic E-state index is 7.56. The Morgan fingerprint density at radius 3 is 1.69 bits per heavy atom. The number of quaternary nitrogens is 1. The highest BCUT2D eigenvalue weighted by Crippen LogP contribution is 2.56. The Morgan fingerprint density at radius 1 is 0.607 bits per heavy atom. The van der Waals surface area contributed by atoms with Gasteiger partial charge in [0.2, 0.25) is 11.1 Å². The standard InChI is InChI=1S/C56H84N3O2/c1-13-17-25-42-26-23-27-43(28-24-36-59(33-18-14-2,34-19-15-3)35-20-16-4)50(42)44-29-30-49-45(37-44)40-57-54(11)31-21-22-32-55(54,12)58-41-46-38-47(52(5,6)7)39-48(53(8,9)10)51(46)61-56(57,58)60-49/h23,26-27,29-30,37-41H,13-22,24-25,28,31-36H2,1-12H3/q+3. The zero-order valence-electron chi connectivity index (χ0n) is 40.9. The highest BCUT2D eigenvalue weighted by Gasteiger charge is 2.86. The number of hydrogen-bond acceptors (Lipinski definition) is 2. The van der Waals surface area contributed by atoms with Crippen molar-refractivity contribution in [1.82, 2.24) is 0 Å². The predicted molar refractivity (Wildman–Crippen MR) is 257 cm³/mol. The third-order valence-electron chi connectivity index (χ3n) is 15.6. The molecule has 4 aliphatic rings. The number of ether oxygens (including phenoxy) is 2. The topological polar surface area (TPSA) is 24.5 Å². The molecule has 3 aromatic rings. The fourth-order valence-corrected chi connectivity index (χ4v) is 11.5. The molecule has 3 aliphatic heterocycles. The normalized spacial score (nSPS) is 23.1. The van der Waals surface area contributed by atoms with Crippen molar-refractivity contribution < 1.29 is 23.1 Å².